The summed E-state index contributed by atoms with van der Waals surface area (Å²) in [5.74, 6) is 1.47. The van der Waals surface area contributed by atoms with Gasteiger partial charge in [0.1, 0.15) is 5.82 Å². The highest BCUT2D eigenvalue weighted by Crippen LogP contribution is 2.38. The van der Waals surface area contributed by atoms with Gasteiger partial charge in [-0.25, -0.2) is 8.42 Å². The molecule has 0 amide bonds. The first-order valence-electron chi connectivity index (χ1n) is 11.4. The van der Waals surface area contributed by atoms with Crippen LogP contribution in [0, 0.1) is 6.92 Å². The van der Waals surface area contributed by atoms with Crippen LogP contribution in [0.2, 0.25) is 5.02 Å². The van der Waals surface area contributed by atoms with Gasteiger partial charge in [0.25, 0.3) is 10.0 Å². The number of nitrogens with zero attached hydrogens (tertiary/aromatic N) is 4. The average molecular weight is 488 g/mol. The van der Waals surface area contributed by atoms with Crippen LogP contribution in [0.25, 0.3) is 11.4 Å². The first kappa shape index (κ1) is 23.7. The zero-order valence-corrected chi connectivity index (χ0v) is 20.6. The van der Waals surface area contributed by atoms with Crippen molar-refractivity contribution in [3.05, 3.63) is 59.4 Å². The number of hydrogen-bond donors (Lipinski definition) is 1. The number of nitrogens with one attached hydrogen (secondary N) is 1. The Morgan fingerprint density at radius 1 is 1.12 bits per heavy atom. The molecule has 0 spiro atoms. The van der Waals surface area contributed by atoms with Gasteiger partial charge in [-0.15, -0.1) is 10.2 Å². The summed E-state index contributed by atoms with van der Waals surface area (Å²) >= 11 is 6.42. The van der Waals surface area contributed by atoms with Gasteiger partial charge < -0.3 is 9.88 Å². The van der Waals surface area contributed by atoms with Crippen LogP contribution in [0.15, 0.2) is 53.4 Å². The third kappa shape index (κ3) is 4.93. The van der Waals surface area contributed by atoms with Gasteiger partial charge in [-0.2, -0.15) is 0 Å². The number of sulfonamides is 1. The predicted molar refractivity (Wildman–Crippen MR) is 132 cm³/mol. The van der Waals surface area contributed by atoms with Gasteiger partial charge in [0.15, 0.2) is 5.82 Å². The van der Waals surface area contributed by atoms with E-state index >= 15 is 0 Å². The number of piperidine rings is 1. The summed E-state index contributed by atoms with van der Waals surface area (Å²) in [5.41, 5.74) is 1.25. The lowest BCUT2D eigenvalue weighted by atomic mass is 10.0. The fourth-order valence-corrected chi connectivity index (χ4v) is 6.07. The van der Waals surface area contributed by atoms with Crippen molar-refractivity contribution >= 4 is 27.3 Å². The summed E-state index contributed by atoms with van der Waals surface area (Å²) in [6.45, 7) is 6.21. The van der Waals surface area contributed by atoms with E-state index in [4.69, 9.17) is 11.6 Å². The summed E-state index contributed by atoms with van der Waals surface area (Å²) < 4.78 is 31.1. The normalized spacial score (nSPS) is 15.0. The molecule has 0 atom stereocenters. The Kier molecular flexibility index (Phi) is 7.36. The zero-order valence-electron chi connectivity index (χ0n) is 19.0. The molecule has 1 saturated heterocycles. The van der Waals surface area contributed by atoms with Crippen molar-refractivity contribution in [3.63, 3.8) is 0 Å². The van der Waals surface area contributed by atoms with Gasteiger partial charge in [0.2, 0.25) is 0 Å². The van der Waals surface area contributed by atoms with E-state index in [1.165, 1.54) is 4.31 Å². The van der Waals surface area contributed by atoms with Crippen molar-refractivity contribution in [2.75, 3.05) is 23.9 Å². The lowest BCUT2D eigenvalue weighted by Crippen LogP contribution is -2.33. The molecule has 0 unspecified atom stereocenters. The zero-order chi connectivity index (χ0) is 23.4. The highest BCUT2D eigenvalue weighted by atomic mass is 35.5. The van der Waals surface area contributed by atoms with E-state index in [-0.39, 0.29) is 10.9 Å². The molecule has 1 aliphatic heterocycles. The topological polar surface area (TPSA) is 80.1 Å². The van der Waals surface area contributed by atoms with Crippen LogP contribution in [0.4, 0.5) is 5.69 Å². The second-order valence-electron chi connectivity index (χ2n) is 8.33. The molecule has 1 fully saturated rings. The average Bonchev–Trinajstić information content (AvgIpc) is 3.22. The number of aryl methyl sites for hydroxylation is 1. The maximum atomic E-state index is 13.7. The van der Waals surface area contributed by atoms with E-state index in [1.54, 1.807) is 42.5 Å². The van der Waals surface area contributed by atoms with Gasteiger partial charge in [-0.1, -0.05) is 43.1 Å². The summed E-state index contributed by atoms with van der Waals surface area (Å²) in [5, 5.41) is 12.8. The highest BCUT2D eigenvalue weighted by Gasteiger charge is 2.30. The Morgan fingerprint density at radius 2 is 1.85 bits per heavy atom. The minimum absolute atomic E-state index is 0.248. The molecule has 0 bridgehead atoms. The molecule has 1 N–H and O–H groups in total. The molecule has 1 aliphatic rings. The van der Waals surface area contributed by atoms with E-state index < -0.39 is 10.0 Å². The minimum Gasteiger partial charge on any atom is -0.317 e. The van der Waals surface area contributed by atoms with Crippen molar-refractivity contribution < 1.29 is 8.42 Å². The van der Waals surface area contributed by atoms with Crippen molar-refractivity contribution in [1.82, 2.24) is 20.1 Å². The third-order valence-corrected chi connectivity index (χ3v) is 8.12. The molecular weight excluding hydrogens is 458 g/mol. The number of aromatic nitrogens is 3. The van der Waals surface area contributed by atoms with Crippen molar-refractivity contribution in [1.29, 1.82) is 0 Å². The van der Waals surface area contributed by atoms with Gasteiger partial charge in [0, 0.05) is 23.2 Å². The van der Waals surface area contributed by atoms with Crippen molar-refractivity contribution in [2.45, 2.75) is 50.5 Å². The lowest BCUT2D eigenvalue weighted by molar-refractivity contribution is 0.365. The highest BCUT2D eigenvalue weighted by molar-refractivity contribution is 7.92. The van der Waals surface area contributed by atoms with Crippen LogP contribution >= 0.6 is 11.6 Å². The maximum Gasteiger partial charge on any atom is 0.264 e. The largest absolute Gasteiger partial charge is 0.317 e. The lowest BCUT2D eigenvalue weighted by Gasteiger charge is -2.29. The first-order valence-corrected chi connectivity index (χ1v) is 13.2. The molecule has 4 rings (SSSR count). The van der Waals surface area contributed by atoms with E-state index in [0.29, 0.717) is 28.6 Å². The van der Waals surface area contributed by atoms with Crippen LogP contribution in [0.5, 0.6) is 0 Å². The number of rotatable bonds is 8. The van der Waals surface area contributed by atoms with E-state index in [1.807, 2.05) is 19.9 Å². The van der Waals surface area contributed by atoms with Crippen LogP contribution in [-0.4, -0.2) is 42.8 Å². The third-order valence-electron chi connectivity index (χ3n) is 6.05. The molecule has 2 heterocycles. The molecule has 7 nitrogen and oxygen atoms in total. The molecule has 9 heteroatoms. The quantitative estimate of drug-likeness (QED) is 0.492. The van der Waals surface area contributed by atoms with Crippen LogP contribution < -0.4 is 9.62 Å². The van der Waals surface area contributed by atoms with Gasteiger partial charge in [-0.3, -0.25) is 4.31 Å². The molecule has 1 aromatic heterocycles. The second kappa shape index (κ2) is 10.2. The summed E-state index contributed by atoms with van der Waals surface area (Å²) in [6, 6.07) is 14.1. The van der Waals surface area contributed by atoms with Crippen molar-refractivity contribution in [2.24, 2.45) is 0 Å². The molecule has 2 aromatic carbocycles. The Hall–Kier alpha value is -2.42. The number of hydrogen-bond acceptors (Lipinski definition) is 5. The summed E-state index contributed by atoms with van der Waals surface area (Å²) in [7, 11) is -3.78. The number of halogens is 1. The van der Waals surface area contributed by atoms with E-state index in [2.05, 4.69) is 20.1 Å². The molecule has 0 radical (unpaired) electrons. The Morgan fingerprint density at radius 3 is 2.55 bits per heavy atom. The standard InChI is InChI=1S/C24H30ClN5O2S/c1-3-4-16-29(33(31,32)21-8-6-5-7-9-21)23-11-10-19(25)17-22(23)24-28-27-18(2)30(24)20-12-14-26-15-13-20/h5-11,17,20,26H,3-4,12-16H2,1-2H3. The van der Waals surface area contributed by atoms with Crippen LogP contribution in [-0.2, 0) is 10.0 Å². The van der Waals surface area contributed by atoms with E-state index in [9.17, 15) is 8.42 Å². The van der Waals surface area contributed by atoms with Gasteiger partial charge in [0.05, 0.1) is 10.6 Å². The SMILES string of the molecule is CCCCN(c1ccc(Cl)cc1-c1nnc(C)n1C1CCNCC1)S(=O)(=O)c1ccccc1. The molecule has 176 valence electrons. The Labute approximate surface area is 200 Å². The number of unbranched alkanes of at least 4 members (excludes halogenated alkanes) is 1. The Bertz CT molecular complexity index is 1190. The second-order valence-corrected chi connectivity index (χ2v) is 10.6. The predicted octanol–water partition coefficient (Wildman–Crippen LogP) is 4.83. The molecule has 0 aliphatic carbocycles. The molecular formula is C24H30ClN5O2S. The Balaban J connectivity index is 1.87. The summed E-state index contributed by atoms with van der Waals surface area (Å²) in [6.07, 6.45) is 3.52. The van der Waals surface area contributed by atoms with Gasteiger partial charge in [-0.05, 0) is 69.6 Å². The fraction of sp³-hybridized carbons (Fsp3) is 0.417. The van der Waals surface area contributed by atoms with Crippen LogP contribution in [0.1, 0.15) is 44.5 Å². The fourth-order valence-electron chi connectivity index (χ4n) is 4.35. The maximum absolute atomic E-state index is 13.7. The molecule has 3 aromatic rings. The summed E-state index contributed by atoms with van der Waals surface area (Å²) in [4.78, 5) is 0.262. The van der Waals surface area contributed by atoms with Crippen molar-refractivity contribution in [3.8, 4) is 11.4 Å². The smallest absolute Gasteiger partial charge is 0.264 e. The van der Waals surface area contributed by atoms with E-state index in [0.717, 1.165) is 44.6 Å². The van der Waals surface area contributed by atoms with Crippen LogP contribution in [0.3, 0.4) is 0 Å². The monoisotopic (exact) mass is 487 g/mol. The number of anilines is 1. The molecule has 0 saturated carbocycles. The first-order chi connectivity index (χ1) is 15.9. The van der Waals surface area contributed by atoms with Gasteiger partial charge >= 0.3 is 0 Å². The molecule has 33 heavy (non-hydrogen) atoms. The minimum atomic E-state index is -3.78. The number of benzene rings is 2.